The molecule has 0 unspecified atom stereocenters. The molecule has 0 aliphatic heterocycles. The van der Waals surface area contributed by atoms with Crippen LogP contribution in [0.4, 0.5) is 0 Å². The minimum atomic E-state index is -2.17. The van der Waals surface area contributed by atoms with E-state index in [1.165, 1.54) is 28.5 Å². The Kier molecular flexibility index (Phi) is 5.47. The van der Waals surface area contributed by atoms with E-state index < -0.39 is 14.5 Å². The molecule has 0 aromatic heterocycles. The van der Waals surface area contributed by atoms with Gasteiger partial charge in [0.1, 0.15) is 0 Å². The Morgan fingerprint density at radius 2 is 1.00 bits per heavy atom. The third-order valence-corrected chi connectivity index (χ3v) is 27.1. The van der Waals surface area contributed by atoms with Gasteiger partial charge in [0.15, 0.2) is 0 Å². The van der Waals surface area contributed by atoms with Crippen molar-refractivity contribution in [2.75, 3.05) is 0 Å². The number of hydrogen-bond acceptors (Lipinski definition) is 0. The van der Waals surface area contributed by atoms with Crippen LogP contribution in [-0.2, 0) is 0 Å². The van der Waals surface area contributed by atoms with Crippen LogP contribution in [0, 0.1) is 0 Å². The van der Waals surface area contributed by atoms with Crippen molar-refractivity contribution >= 4 is 35.9 Å². The van der Waals surface area contributed by atoms with E-state index in [1.54, 1.807) is 0 Å². The molecule has 0 amide bonds. The first-order chi connectivity index (χ1) is 10.1. The molecule has 0 aliphatic carbocycles. The molecular formula is C18H25ClSi2. The van der Waals surface area contributed by atoms with Crippen molar-refractivity contribution in [1.29, 1.82) is 0 Å². The molecule has 0 nitrogen and oxygen atoms in total. The summed E-state index contributed by atoms with van der Waals surface area (Å²) in [6.07, 6.45) is 0. The highest BCUT2D eigenvalue weighted by molar-refractivity contribution is 7.68. The van der Waals surface area contributed by atoms with E-state index >= 15 is 0 Å². The molecule has 3 heteroatoms. The predicted octanol–water partition coefficient (Wildman–Crippen LogP) is 4.57. The summed E-state index contributed by atoms with van der Waals surface area (Å²) in [5.41, 5.74) is 0. The Labute approximate surface area is 135 Å². The van der Waals surface area contributed by atoms with Crippen molar-refractivity contribution in [2.24, 2.45) is 0 Å². The van der Waals surface area contributed by atoms with E-state index in [9.17, 15) is 0 Å². The van der Waals surface area contributed by atoms with Crippen LogP contribution in [0.3, 0.4) is 0 Å². The van der Waals surface area contributed by atoms with Crippen LogP contribution >= 0.6 is 11.1 Å². The summed E-state index contributed by atoms with van der Waals surface area (Å²) < 4.78 is 0. The molecule has 0 bridgehead atoms. The van der Waals surface area contributed by atoms with E-state index in [1.807, 2.05) is 0 Å². The van der Waals surface area contributed by atoms with Crippen LogP contribution < -0.4 is 10.4 Å². The van der Waals surface area contributed by atoms with E-state index in [2.05, 4.69) is 81.4 Å². The molecule has 0 heterocycles. The van der Waals surface area contributed by atoms with E-state index in [0.29, 0.717) is 0 Å². The van der Waals surface area contributed by atoms with Gasteiger partial charge < -0.3 is 0 Å². The highest BCUT2D eigenvalue weighted by Crippen LogP contribution is 2.33. The van der Waals surface area contributed by atoms with Gasteiger partial charge in [-0.2, -0.15) is 11.1 Å². The smallest absolute Gasteiger partial charge is 0.159 e. The molecule has 0 radical (unpaired) electrons. The van der Waals surface area contributed by atoms with Gasteiger partial charge in [-0.3, -0.25) is 0 Å². The van der Waals surface area contributed by atoms with Crippen LogP contribution in [-0.4, -0.2) is 14.5 Å². The van der Waals surface area contributed by atoms with Crippen molar-refractivity contribution < 1.29 is 0 Å². The summed E-state index contributed by atoms with van der Waals surface area (Å²) in [6, 6.07) is 25.6. The van der Waals surface area contributed by atoms with Crippen LogP contribution in [0.25, 0.3) is 0 Å². The lowest BCUT2D eigenvalue weighted by atomic mass is 10.4. The van der Waals surface area contributed by atoms with Crippen molar-refractivity contribution in [2.45, 2.75) is 38.9 Å². The average Bonchev–Trinajstić information content (AvgIpc) is 2.58. The Morgan fingerprint density at radius 1 is 0.667 bits per heavy atom. The lowest BCUT2D eigenvalue weighted by molar-refractivity contribution is 1.21. The van der Waals surface area contributed by atoms with Crippen molar-refractivity contribution in [3.8, 4) is 0 Å². The van der Waals surface area contributed by atoms with Gasteiger partial charge in [0.2, 0.25) is 6.90 Å². The first kappa shape index (κ1) is 16.5. The third kappa shape index (κ3) is 2.77. The molecule has 2 aromatic carbocycles. The predicted molar refractivity (Wildman–Crippen MR) is 101 cm³/mol. The molecular weight excluding hydrogens is 308 g/mol. The molecule has 0 N–H and O–H groups in total. The maximum absolute atomic E-state index is 7.61. The average molecular weight is 333 g/mol. The highest BCUT2D eigenvalue weighted by Gasteiger charge is 2.53. The van der Waals surface area contributed by atoms with Gasteiger partial charge in [0, 0.05) is 0 Å². The molecule has 2 aromatic rings. The van der Waals surface area contributed by atoms with Crippen LogP contribution in [0.15, 0.2) is 60.7 Å². The Morgan fingerprint density at radius 3 is 1.29 bits per heavy atom. The standard InChI is InChI=1S/C18H25ClSi2/c1-4-20(5-2,6-3)21(19,17-13-9-7-10-14-17)18-15-11-8-12-16-18/h7-16H,4-6H2,1-3H3. The second-order valence-corrected chi connectivity index (χ2v) is 21.0. The second-order valence-electron chi connectivity index (χ2n) is 5.73. The maximum atomic E-state index is 7.61. The number of rotatable bonds is 6. The first-order valence-corrected chi connectivity index (χ1v) is 14.6. The molecule has 0 aliphatic rings. The maximum Gasteiger partial charge on any atom is 0.205 e. The second kappa shape index (κ2) is 6.95. The fourth-order valence-electron chi connectivity index (χ4n) is 3.60. The van der Waals surface area contributed by atoms with Crippen LogP contribution in [0.2, 0.25) is 18.1 Å². The molecule has 0 saturated heterocycles. The SMILES string of the molecule is CC[Si](CC)(CC)[Si](Cl)(c1ccccc1)c1ccccc1. The van der Waals surface area contributed by atoms with E-state index in [0.717, 1.165) is 0 Å². The summed E-state index contributed by atoms with van der Waals surface area (Å²) in [4.78, 5) is 0. The van der Waals surface area contributed by atoms with E-state index in [-0.39, 0.29) is 0 Å². The quantitative estimate of drug-likeness (QED) is 0.537. The first-order valence-electron chi connectivity index (χ1n) is 7.94. The Balaban J connectivity index is 2.71. The van der Waals surface area contributed by atoms with Gasteiger partial charge in [0.25, 0.3) is 0 Å². The number of benzene rings is 2. The fourth-order valence-corrected chi connectivity index (χ4v) is 22.8. The van der Waals surface area contributed by atoms with E-state index in [4.69, 9.17) is 11.1 Å². The lowest BCUT2D eigenvalue weighted by Crippen LogP contribution is -2.72. The summed E-state index contributed by atoms with van der Waals surface area (Å²) in [7, 11) is -1.55. The van der Waals surface area contributed by atoms with Crippen molar-refractivity contribution in [3.05, 3.63) is 60.7 Å². The minimum Gasteiger partial charge on any atom is -0.159 e. The fraction of sp³-hybridized carbons (Fsp3) is 0.333. The Hall–Kier alpha value is -0.836. The largest absolute Gasteiger partial charge is 0.205 e. The molecule has 21 heavy (non-hydrogen) atoms. The van der Waals surface area contributed by atoms with Crippen LogP contribution in [0.5, 0.6) is 0 Å². The zero-order chi connectivity index (χ0) is 15.3. The summed E-state index contributed by atoms with van der Waals surface area (Å²) in [5, 5.41) is 2.80. The van der Waals surface area contributed by atoms with Crippen molar-refractivity contribution in [3.63, 3.8) is 0 Å². The van der Waals surface area contributed by atoms with Gasteiger partial charge in [0.05, 0.1) is 7.59 Å². The number of halogens is 1. The highest BCUT2D eigenvalue weighted by atomic mass is 35.6. The van der Waals surface area contributed by atoms with Gasteiger partial charge >= 0.3 is 0 Å². The molecule has 0 saturated carbocycles. The zero-order valence-corrected chi connectivity index (χ0v) is 16.0. The van der Waals surface area contributed by atoms with Crippen LogP contribution in [0.1, 0.15) is 20.8 Å². The molecule has 0 spiro atoms. The molecule has 112 valence electrons. The molecule has 0 fully saturated rings. The monoisotopic (exact) mass is 332 g/mol. The normalized spacial score (nSPS) is 12.4. The molecule has 2 rings (SSSR count). The summed E-state index contributed by atoms with van der Waals surface area (Å²) >= 11 is 7.61. The number of hydrogen-bond donors (Lipinski definition) is 0. The Bertz CT molecular complexity index is 502. The van der Waals surface area contributed by atoms with Crippen molar-refractivity contribution in [1.82, 2.24) is 0 Å². The summed E-state index contributed by atoms with van der Waals surface area (Å²) in [6.45, 7) is 4.90. The minimum absolute atomic E-state index is 1.26. The summed E-state index contributed by atoms with van der Waals surface area (Å²) in [5.74, 6) is 0. The van der Waals surface area contributed by atoms with Gasteiger partial charge in [-0.15, -0.1) is 0 Å². The molecule has 0 atom stereocenters. The third-order valence-electron chi connectivity index (χ3n) is 5.10. The zero-order valence-electron chi connectivity index (χ0n) is 13.3. The lowest BCUT2D eigenvalue weighted by Gasteiger charge is -2.43. The van der Waals surface area contributed by atoms with Gasteiger partial charge in [-0.25, -0.2) is 0 Å². The van der Waals surface area contributed by atoms with Gasteiger partial charge in [-0.05, 0) is 10.4 Å². The topological polar surface area (TPSA) is 0 Å². The van der Waals surface area contributed by atoms with Gasteiger partial charge in [-0.1, -0.05) is 99.6 Å².